The van der Waals surface area contributed by atoms with Crippen LogP contribution in [0.1, 0.15) is 38.9 Å². The average Bonchev–Trinajstić information content (AvgIpc) is 3.30. The second-order valence-corrected chi connectivity index (χ2v) is 7.08. The number of nitrogens with zero attached hydrogens (tertiary/aromatic N) is 4. The lowest BCUT2D eigenvalue weighted by atomic mass is 10.00. The largest absolute Gasteiger partial charge is 0.359 e. The molecule has 0 atom stereocenters. The van der Waals surface area contributed by atoms with E-state index in [4.69, 9.17) is 4.52 Å². The first kappa shape index (κ1) is 17.5. The minimum Gasteiger partial charge on any atom is -0.359 e. The van der Waals surface area contributed by atoms with Gasteiger partial charge >= 0.3 is 0 Å². The van der Waals surface area contributed by atoms with E-state index in [-0.39, 0.29) is 5.91 Å². The van der Waals surface area contributed by atoms with Crippen molar-refractivity contribution in [1.29, 1.82) is 0 Å². The van der Waals surface area contributed by atoms with E-state index in [0.29, 0.717) is 24.5 Å². The molecule has 0 unspecified atom stereocenters. The van der Waals surface area contributed by atoms with Gasteiger partial charge in [0.1, 0.15) is 5.82 Å². The fourth-order valence-corrected chi connectivity index (χ4v) is 3.44. The molecular formula is C20H23N5O2. The molecular weight excluding hydrogens is 342 g/mol. The summed E-state index contributed by atoms with van der Waals surface area (Å²) in [5.74, 6) is 1.28. The lowest BCUT2D eigenvalue weighted by Crippen LogP contribution is -2.29. The Bertz CT molecular complexity index is 945. The number of aromatic nitrogens is 3. The monoisotopic (exact) mass is 365 g/mol. The van der Waals surface area contributed by atoms with Crippen molar-refractivity contribution in [3.05, 3.63) is 70.6 Å². The molecule has 3 aromatic rings. The van der Waals surface area contributed by atoms with Gasteiger partial charge in [0.25, 0.3) is 5.91 Å². The Kier molecular flexibility index (Phi) is 4.77. The summed E-state index contributed by atoms with van der Waals surface area (Å²) in [5, 5.41) is 3.97. The fourth-order valence-electron chi connectivity index (χ4n) is 3.44. The number of amides is 1. The summed E-state index contributed by atoms with van der Waals surface area (Å²) in [5.41, 5.74) is 4.07. The third-order valence-corrected chi connectivity index (χ3v) is 4.86. The highest BCUT2D eigenvalue weighted by atomic mass is 16.5. The first-order valence-electron chi connectivity index (χ1n) is 9.09. The van der Waals surface area contributed by atoms with E-state index in [1.807, 2.05) is 6.92 Å². The highest BCUT2D eigenvalue weighted by Crippen LogP contribution is 2.20. The van der Waals surface area contributed by atoms with Crippen LogP contribution in [0.25, 0.3) is 0 Å². The molecule has 140 valence electrons. The zero-order valence-electron chi connectivity index (χ0n) is 15.6. The topological polar surface area (TPSA) is 78.3 Å². The average molecular weight is 365 g/mol. The number of rotatable bonds is 5. The summed E-state index contributed by atoms with van der Waals surface area (Å²) in [7, 11) is 1.73. The van der Waals surface area contributed by atoms with E-state index in [1.54, 1.807) is 24.2 Å². The molecule has 0 saturated carbocycles. The number of benzene rings is 1. The molecule has 7 nitrogen and oxygen atoms in total. The van der Waals surface area contributed by atoms with E-state index < -0.39 is 0 Å². The molecule has 1 aliphatic rings. The quantitative estimate of drug-likeness (QED) is 0.752. The fraction of sp³-hybridized carbons (Fsp3) is 0.350. The number of hydrogen-bond acceptors (Lipinski definition) is 5. The Morgan fingerprint density at radius 1 is 1.33 bits per heavy atom. The molecule has 3 heterocycles. The van der Waals surface area contributed by atoms with Crippen molar-refractivity contribution in [2.45, 2.75) is 33.0 Å². The Morgan fingerprint density at radius 2 is 2.15 bits per heavy atom. The van der Waals surface area contributed by atoms with Crippen molar-refractivity contribution >= 4 is 5.91 Å². The van der Waals surface area contributed by atoms with E-state index in [9.17, 15) is 4.79 Å². The van der Waals surface area contributed by atoms with Crippen molar-refractivity contribution in [3.63, 3.8) is 0 Å². The van der Waals surface area contributed by atoms with Gasteiger partial charge in [-0.05, 0) is 24.5 Å². The Hall–Kier alpha value is -2.93. The molecule has 0 aliphatic carbocycles. The van der Waals surface area contributed by atoms with Crippen LogP contribution in [0.5, 0.6) is 0 Å². The maximum atomic E-state index is 12.6. The molecule has 7 heteroatoms. The summed E-state index contributed by atoms with van der Waals surface area (Å²) in [6.07, 6.45) is 2.78. The molecule has 0 spiro atoms. The van der Waals surface area contributed by atoms with Crippen molar-refractivity contribution in [2.24, 2.45) is 0 Å². The molecule has 27 heavy (non-hydrogen) atoms. The molecule has 2 aromatic heterocycles. The molecule has 4 rings (SSSR count). The van der Waals surface area contributed by atoms with Gasteiger partial charge in [-0.3, -0.25) is 9.69 Å². The van der Waals surface area contributed by atoms with Crippen LogP contribution in [0.15, 0.2) is 41.1 Å². The van der Waals surface area contributed by atoms with Crippen LogP contribution in [0.4, 0.5) is 0 Å². The van der Waals surface area contributed by atoms with Gasteiger partial charge in [0, 0.05) is 38.1 Å². The summed E-state index contributed by atoms with van der Waals surface area (Å²) >= 11 is 0. The first-order chi connectivity index (χ1) is 13.1. The Balaban J connectivity index is 1.37. The van der Waals surface area contributed by atoms with E-state index in [1.165, 1.54) is 11.1 Å². The van der Waals surface area contributed by atoms with Gasteiger partial charge < -0.3 is 14.4 Å². The SMILES string of the molecule is Cc1cnc(CN(C)C(=O)c2cc(CN3CCc4ccccc4C3)on2)[nH]1. The number of aryl methyl sites for hydroxylation is 1. The predicted molar refractivity (Wildman–Crippen MR) is 99.9 cm³/mol. The molecule has 0 saturated heterocycles. The number of carbonyl (C=O) groups is 1. The van der Waals surface area contributed by atoms with E-state index in [0.717, 1.165) is 31.0 Å². The standard InChI is InChI=1S/C20H23N5O2/c1-14-10-21-19(22-14)13-24(2)20(26)18-9-17(27-23-18)12-25-8-7-15-5-3-4-6-16(15)11-25/h3-6,9-10H,7-8,11-13H2,1-2H3,(H,21,22). The van der Waals surface area contributed by atoms with Crippen LogP contribution in [0.2, 0.25) is 0 Å². The number of hydrogen-bond donors (Lipinski definition) is 1. The zero-order valence-corrected chi connectivity index (χ0v) is 15.6. The maximum absolute atomic E-state index is 12.6. The highest BCUT2D eigenvalue weighted by Gasteiger charge is 2.21. The van der Waals surface area contributed by atoms with Crippen molar-refractivity contribution < 1.29 is 9.32 Å². The number of nitrogens with one attached hydrogen (secondary N) is 1. The highest BCUT2D eigenvalue weighted by molar-refractivity contribution is 5.91. The molecule has 1 N–H and O–H groups in total. The lowest BCUT2D eigenvalue weighted by molar-refractivity contribution is 0.0771. The first-order valence-corrected chi connectivity index (χ1v) is 9.09. The minimum atomic E-state index is -0.178. The van der Waals surface area contributed by atoms with Gasteiger partial charge in [-0.25, -0.2) is 4.98 Å². The Morgan fingerprint density at radius 3 is 2.93 bits per heavy atom. The summed E-state index contributed by atoms with van der Waals surface area (Å²) in [4.78, 5) is 23.8. The Labute approximate surface area is 158 Å². The van der Waals surface area contributed by atoms with Crippen LogP contribution in [0, 0.1) is 6.92 Å². The third-order valence-electron chi connectivity index (χ3n) is 4.86. The van der Waals surface area contributed by atoms with Gasteiger partial charge in [0.15, 0.2) is 11.5 Å². The van der Waals surface area contributed by atoms with Crippen molar-refractivity contribution in [3.8, 4) is 0 Å². The number of carbonyl (C=O) groups excluding carboxylic acids is 1. The summed E-state index contributed by atoms with van der Waals surface area (Å²) < 4.78 is 5.42. The molecule has 1 aliphatic heterocycles. The van der Waals surface area contributed by atoms with E-state index in [2.05, 4.69) is 44.3 Å². The minimum absolute atomic E-state index is 0.178. The van der Waals surface area contributed by atoms with Crippen LogP contribution in [0.3, 0.4) is 0 Å². The second kappa shape index (κ2) is 7.36. The van der Waals surface area contributed by atoms with Crippen LogP contribution in [-0.4, -0.2) is 44.4 Å². The second-order valence-electron chi connectivity index (χ2n) is 7.08. The third kappa shape index (κ3) is 3.93. The maximum Gasteiger partial charge on any atom is 0.276 e. The smallest absolute Gasteiger partial charge is 0.276 e. The van der Waals surface area contributed by atoms with Gasteiger partial charge in [-0.2, -0.15) is 0 Å². The van der Waals surface area contributed by atoms with Gasteiger partial charge in [0.05, 0.1) is 13.1 Å². The van der Waals surface area contributed by atoms with Crippen LogP contribution >= 0.6 is 0 Å². The molecule has 0 radical (unpaired) electrons. The van der Waals surface area contributed by atoms with Gasteiger partial charge in [-0.15, -0.1) is 0 Å². The lowest BCUT2D eigenvalue weighted by Gasteiger charge is -2.27. The number of fused-ring (bicyclic) bond motifs is 1. The van der Waals surface area contributed by atoms with Gasteiger partial charge in [0.2, 0.25) is 0 Å². The van der Waals surface area contributed by atoms with Crippen molar-refractivity contribution in [1.82, 2.24) is 24.9 Å². The number of imidazole rings is 1. The predicted octanol–water partition coefficient (Wildman–Crippen LogP) is 2.54. The summed E-state index contributed by atoms with van der Waals surface area (Å²) in [6.45, 7) is 4.84. The van der Waals surface area contributed by atoms with Crippen LogP contribution < -0.4 is 0 Å². The summed E-state index contributed by atoms with van der Waals surface area (Å²) in [6, 6.07) is 10.3. The van der Waals surface area contributed by atoms with Crippen molar-refractivity contribution in [2.75, 3.05) is 13.6 Å². The normalized spacial score (nSPS) is 14.1. The zero-order chi connectivity index (χ0) is 18.8. The number of aromatic amines is 1. The molecule has 1 aromatic carbocycles. The number of H-pyrrole nitrogens is 1. The van der Waals surface area contributed by atoms with Crippen LogP contribution in [-0.2, 0) is 26.1 Å². The van der Waals surface area contributed by atoms with Gasteiger partial charge in [-0.1, -0.05) is 29.4 Å². The molecule has 0 fully saturated rings. The molecule has 0 bridgehead atoms. The van der Waals surface area contributed by atoms with E-state index >= 15 is 0 Å². The molecule has 1 amide bonds.